The minimum atomic E-state index is 0.448. The van der Waals surface area contributed by atoms with Crippen molar-refractivity contribution in [2.24, 2.45) is 5.73 Å². The number of nitrogens with one attached hydrogen (secondary N) is 1. The number of thiocarbonyl (C=S) groups is 1. The number of rotatable bonds is 9. The first-order valence-corrected chi connectivity index (χ1v) is 7.86. The SMILES string of the molecule is CCN(CC)CCCC(C)Nc1ccc(C(N)=S)cc1. The van der Waals surface area contributed by atoms with E-state index in [-0.39, 0.29) is 0 Å². The number of anilines is 1. The van der Waals surface area contributed by atoms with Crippen LogP contribution in [0.3, 0.4) is 0 Å². The molecule has 0 amide bonds. The molecule has 0 radical (unpaired) electrons. The Kier molecular flexibility index (Phi) is 7.55. The van der Waals surface area contributed by atoms with Gasteiger partial charge in [-0.15, -0.1) is 0 Å². The van der Waals surface area contributed by atoms with Crippen LogP contribution in [0.2, 0.25) is 0 Å². The molecule has 0 heterocycles. The molecule has 0 aliphatic rings. The molecule has 0 aliphatic heterocycles. The fraction of sp³-hybridized carbons (Fsp3) is 0.562. The summed E-state index contributed by atoms with van der Waals surface area (Å²) in [5.74, 6) is 0. The Morgan fingerprint density at radius 1 is 1.25 bits per heavy atom. The minimum Gasteiger partial charge on any atom is -0.389 e. The fourth-order valence-electron chi connectivity index (χ4n) is 2.25. The van der Waals surface area contributed by atoms with Gasteiger partial charge in [-0.1, -0.05) is 26.1 Å². The summed E-state index contributed by atoms with van der Waals surface area (Å²) < 4.78 is 0. The summed E-state index contributed by atoms with van der Waals surface area (Å²) in [6, 6.07) is 8.48. The van der Waals surface area contributed by atoms with Crippen LogP contribution in [0.4, 0.5) is 5.69 Å². The molecule has 112 valence electrons. The predicted molar refractivity (Wildman–Crippen MR) is 92.4 cm³/mol. The Balaban J connectivity index is 2.34. The fourth-order valence-corrected chi connectivity index (χ4v) is 2.38. The predicted octanol–water partition coefficient (Wildman–Crippen LogP) is 3.24. The zero-order valence-corrected chi connectivity index (χ0v) is 13.7. The molecule has 0 saturated heterocycles. The highest BCUT2D eigenvalue weighted by Crippen LogP contribution is 2.12. The molecule has 1 unspecified atom stereocenters. The zero-order chi connectivity index (χ0) is 15.0. The van der Waals surface area contributed by atoms with Gasteiger partial charge in [-0.3, -0.25) is 0 Å². The molecular formula is C16H27N3S. The lowest BCUT2D eigenvalue weighted by Gasteiger charge is -2.20. The van der Waals surface area contributed by atoms with Gasteiger partial charge in [0.2, 0.25) is 0 Å². The highest BCUT2D eigenvalue weighted by atomic mass is 32.1. The van der Waals surface area contributed by atoms with Crippen molar-refractivity contribution in [1.29, 1.82) is 0 Å². The summed E-state index contributed by atoms with van der Waals surface area (Å²) in [6.07, 6.45) is 2.40. The van der Waals surface area contributed by atoms with E-state index < -0.39 is 0 Å². The second-order valence-corrected chi connectivity index (χ2v) is 5.60. The van der Waals surface area contributed by atoms with Crippen LogP contribution in [0.25, 0.3) is 0 Å². The van der Waals surface area contributed by atoms with Crippen LogP contribution in [-0.2, 0) is 0 Å². The summed E-state index contributed by atoms with van der Waals surface area (Å²) in [5.41, 5.74) is 7.63. The summed E-state index contributed by atoms with van der Waals surface area (Å²) >= 11 is 4.95. The third kappa shape index (κ3) is 5.88. The van der Waals surface area contributed by atoms with Crippen LogP contribution in [-0.4, -0.2) is 35.6 Å². The largest absolute Gasteiger partial charge is 0.389 e. The molecule has 1 rings (SSSR count). The summed E-state index contributed by atoms with van der Waals surface area (Å²) in [6.45, 7) is 10.1. The molecule has 4 heteroatoms. The van der Waals surface area contributed by atoms with Gasteiger partial charge in [0.05, 0.1) is 0 Å². The van der Waals surface area contributed by atoms with Crippen molar-refractivity contribution in [3.8, 4) is 0 Å². The lowest BCUT2D eigenvalue weighted by atomic mass is 10.1. The zero-order valence-electron chi connectivity index (χ0n) is 12.9. The maximum Gasteiger partial charge on any atom is 0.103 e. The van der Waals surface area contributed by atoms with E-state index in [1.807, 2.05) is 24.3 Å². The van der Waals surface area contributed by atoms with Crippen LogP contribution >= 0.6 is 12.2 Å². The third-order valence-electron chi connectivity index (χ3n) is 3.59. The van der Waals surface area contributed by atoms with Crippen LogP contribution in [0.15, 0.2) is 24.3 Å². The van der Waals surface area contributed by atoms with Crippen molar-refractivity contribution >= 4 is 22.9 Å². The Hall–Kier alpha value is -1.13. The lowest BCUT2D eigenvalue weighted by molar-refractivity contribution is 0.295. The Morgan fingerprint density at radius 3 is 2.35 bits per heavy atom. The first kappa shape index (κ1) is 16.9. The molecular weight excluding hydrogens is 266 g/mol. The van der Waals surface area contributed by atoms with Crippen LogP contribution in [0, 0.1) is 0 Å². The molecule has 0 fully saturated rings. The summed E-state index contributed by atoms with van der Waals surface area (Å²) in [4.78, 5) is 2.91. The molecule has 0 saturated carbocycles. The average Bonchev–Trinajstić information content (AvgIpc) is 2.44. The topological polar surface area (TPSA) is 41.3 Å². The van der Waals surface area contributed by atoms with Gasteiger partial charge in [0.15, 0.2) is 0 Å². The Bertz CT molecular complexity index is 399. The van der Waals surface area contributed by atoms with Gasteiger partial charge in [0, 0.05) is 17.3 Å². The average molecular weight is 293 g/mol. The number of nitrogens with two attached hydrogens (primary N) is 1. The van der Waals surface area contributed by atoms with Gasteiger partial charge in [0.1, 0.15) is 4.99 Å². The molecule has 3 N–H and O–H groups in total. The van der Waals surface area contributed by atoms with Crippen molar-refractivity contribution in [3.05, 3.63) is 29.8 Å². The van der Waals surface area contributed by atoms with E-state index in [1.165, 1.54) is 19.4 Å². The van der Waals surface area contributed by atoms with Crippen LogP contribution in [0.5, 0.6) is 0 Å². The normalized spacial score (nSPS) is 12.4. The standard InChI is InChI=1S/C16H27N3S/c1-4-19(5-2)12-6-7-13(3)18-15-10-8-14(9-11-15)16(17)20/h8-11,13,18H,4-7,12H2,1-3H3,(H2,17,20). The number of benzene rings is 1. The van der Waals surface area contributed by atoms with Gasteiger partial charge in [-0.25, -0.2) is 0 Å². The maximum absolute atomic E-state index is 5.59. The molecule has 20 heavy (non-hydrogen) atoms. The van der Waals surface area contributed by atoms with Crippen molar-refractivity contribution in [1.82, 2.24) is 4.90 Å². The lowest BCUT2D eigenvalue weighted by Crippen LogP contribution is -2.25. The van der Waals surface area contributed by atoms with E-state index in [0.29, 0.717) is 11.0 Å². The molecule has 0 aromatic heterocycles. The molecule has 0 aliphatic carbocycles. The van der Waals surface area contributed by atoms with Crippen molar-refractivity contribution in [2.45, 2.75) is 39.7 Å². The molecule has 1 aromatic rings. The molecule has 1 aromatic carbocycles. The highest BCUT2D eigenvalue weighted by Gasteiger charge is 2.04. The number of nitrogens with zero attached hydrogens (tertiary/aromatic N) is 1. The van der Waals surface area contributed by atoms with Gasteiger partial charge in [-0.2, -0.15) is 0 Å². The van der Waals surface area contributed by atoms with Crippen molar-refractivity contribution < 1.29 is 0 Å². The van der Waals surface area contributed by atoms with Crippen LogP contribution in [0.1, 0.15) is 39.2 Å². The van der Waals surface area contributed by atoms with E-state index >= 15 is 0 Å². The van der Waals surface area contributed by atoms with Gasteiger partial charge >= 0.3 is 0 Å². The third-order valence-corrected chi connectivity index (χ3v) is 3.82. The number of hydrogen-bond acceptors (Lipinski definition) is 3. The molecule has 0 bridgehead atoms. The van der Waals surface area contributed by atoms with E-state index in [0.717, 1.165) is 24.3 Å². The Labute approximate surface area is 128 Å². The summed E-state index contributed by atoms with van der Waals surface area (Å²) in [7, 11) is 0. The first-order valence-electron chi connectivity index (χ1n) is 7.45. The van der Waals surface area contributed by atoms with E-state index in [1.54, 1.807) is 0 Å². The van der Waals surface area contributed by atoms with E-state index in [4.69, 9.17) is 18.0 Å². The van der Waals surface area contributed by atoms with E-state index in [2.05, 4.69) is 31.0 Å². The minimum absolute atomic E-state index is 0.448. The number of hydrogen-bond donors (Lipinski definition) is 2. The van der Waals surface area contributed by atoms with Crippen LogP contribution < -0.4 is 11.1 Å². The monoisotopic (exact) mass is 293 g/mol. The Morgan fingerprint density at radius 2 is 1.85 bits per heavy atom. The second-order valence-electron chi connectivity index (χ2n) is 5.16. The highest BCUT2D eigenvalue weighted by molar-refractivity contribution is 7.80. The molecule has 3 nitrogen and oxygen atoms in total. The van der Waals surface area contributed by atoms with Gasteiger partial charge in [0.25, 0.3) is 0 Å². The molecule has 0 spiro atoms. The quantitative estimate of drug-likeness (QED) is 0.686. The maximum atomic E-state index is 5.59. The first-order chi connectivity index (χ1) is 9.56. The van der Waals surface area contributed by atoms with E-state index in [9.17, 15) is 0 Å². The van der Waals surface area contributed by atoms with Gasteiger partial charge < -0.3 is 16.0 Å². The van der Waals surface area contributed by atoms with Gasteiger partial charge in [-0.05, 0) is 63.7 Å². The molecule has 1 atom stereocenters. The smallest absolute Gasteiger partial charge is 0.103 e. The van der Waals surface area contributed by atoms with Crippen molar-refractivity contribution in [3.63, 3.8) is 0 Å². The van der Waals surface area contributed by atoms with Crippen molar-refractivity contribution in [2.75, 3.05) is 25.0 Å². The summed E-state index contributed by atoms with van der Waals surface area (Å²) in [5, 5.41) is 3.52. The second kappa shape index (κ2) is 8.93.